The maximum atomic E-state index is 11.3. The minimum Gasteiger partial charge on any atom is -0.506 e. The average molecular weight is 312 g/mol. The molecule has 0 aliphatic heterocycles. The highest BCUT2D eigenvalue weighted by molar-refractivity contribution is 7.95. The van der Waals surface area contributed by atoms with Gasteiger partial charge >= 0.3 is 5.97 Å². The summed E-state index contributed by atoms with van der Waals surface area (Å²) in [5.41, 5.74) is 0. The predicted molar refractivity (Wildman–Crippen MR) is 61.4 cm³/mol. The summed E-state index contributed by atoms with van der Waals surface area (Å²) in [7, 11) is -4.07. The van der Waals surface area contributed by atoms with Crippen molar-refractivity contribution < 1.29 is 23.1 Å². The van der Waals surface area contributed by atoms with Crippen molar-refractivity contribution in [2.45, 2.75) is 10.7 Å². The Hall–Kier alpha value is -0.170. The molecule has 9 heteroatoms. The lowest BCUT2D eigenvalue weighted by Crippen LogP contribution is -2.22. The summed E-state index contributed by atoms with van der Waals surface area (Å²) >= 11 is 15.8. The molecule has 0 aromatic carbocycles. The van der Waals surface area contributed by atoms with Crippen LogP contribution in [0, 0.1) is 0 Å². The van der Waals surface area contributed by atoms with Crippen LogP contribution in [0.5, 0.6) is 0 Å². The van der Waals surface area contributed by atoms with Gasteiger partial charge in [0.15, 0.2) is 20.5 Å². The van der Waals surface area contributed by atoms with Gasteiger partial charge in [-0.25, -0.2) is 13.2 Å². The molecule has 0 rings (SSSR count). The number of sulfone groups is 1. The molecule has 0 aromatic rings. The number of alkyl halides is 3. The molecular weight excluding hydrogens is 302 g/mol. The highest BCUT2D eigenvalue weighted by Gasteiger charge is 2.37. The molecule has 0 atom stereocenters. The minimum absolute atomic E-state index is 0.0784. The van der Waals surface area contributed by atoms with Crippen LogP contribution in [0.15, 0.2) is 10.7 Å². The molecule has 0 saturated heterocycles. The Morgan fingerprint density at radius 2 is 1.81 bits per heavy atom. The molecular formula is C7H9Cl3O5S. The Morgan fingerprint density at radius 3 is 2.06 bits per heavy atom. The van der Waals surface area contributed by atoms with Gasteiger partial charge in [-0.15, -0.1) is 0 Å². The maximum Gasteiger partial charge on any atom is 0.353 e. The van der Waals surface area contributed by atoms with E-state index in [0.29, 0.717) is 6.26 Å². The van der Waals surface area contributed by atoms with Gasteiger partial charge in [0.2, 0.25) is 3.79 Å². The van der Waals surface area contributed by atoms with E-state index in [-0.39, 0.29) is 6.61 Å². The van der Waals surface area contributed by atoms with Crippen LogP contribution in [0.25, 0.3) is 0 Å². The molecule has 1 N–H and O–H groups in total. The van der Waals surface area contributed by atoms with Gasteiger partial charge in [0.25, 0.3) is 0 Å². The van der Waals surface area contributed by atoms with Crippen LogP contribution in [-0.4, -0.2) is 36.1 Å². The van der Waals surface area contributed by atoms with Crippen LogP contribution in [0.2, 0.25) is 0 Å². The standard InChI is InChI=1S/C7H9Cl3O5S/c1-3-15-6(12)4(16(2,13)14)5(11)7(8,9)10/h11H,3H2,1-2H3. The zero-order chi connectivity index (χ0) is 13.1. The van der Waals surface area contributed by atoms with Crippen molar-refractivity contribution in [3.63, 3.8) is 0 Å². The Balaban J connectivity index is 5.72. The van der Waals surface area contributed by atoms with Crippen molar-refractivity contribution in [2.75, 3.05) is 12.9 Å². The first-order chi connectivity index (χ1) is 7.01. The monoisotopic (exact) mass is 310 g/mol. The molecule has 0 unspecified atom stereocenters. The van der Waals surface area contributed by atoms with E-state index in [9.17, 15) is 18.3 Å². The van der Waals surface area contributed by atoms with Crippen molar-refractivity contribution in [3.8, 4) is 0 Å². The predicted octanol–water partition coefficient (Wildman–Crippen LogP) is 1.73. The van der Waals surface area contributed by atoms with Gasteiger partial charge in [-0.1, -0.05) is 34.8 Å². The van der Waals surface area contributed by atoms with Crippen molar-refractivity contribution in [3.05, 3.63) is 10.7 Å². The second-order valence-electron chi connectivity index (χ2n) is 2.67. The second-order valence-corrected chi connectivity index (χ2v) is 6.90. The number of carbonyl (C=O) groups is 1. The number of ether oxygens (including phenoxy) is 1. The van der Waals surface area contributed by atoms with Gasteiger partial charge in [-0.2, -0.15) is 0 Å². The first-order valence-electron chi connectivity index (χ1n) is 3.89. The smallest absolute Gasteiger partial charge is 0.353 e. The Kier molecular flexibility index (Phi) is 5.38. The summed E-state index contributed by atoms with van der Waals surface area (Å²) in [4.78, 5) is 10.2. The lowest BCUT2D eigenvalue weighted by atomic mass is 10.4. The molecule has 94 valence electrons. The Bertz CT molecular complexity index is 406. The number of rotatable bonds is 3. The van der Waals surface area contributed by atoms with Crippen LogP contribution in [0.4, 0.5) is 0 Å². The fourth-order valence-corrected chi connectivity index (χ4v) is 2.07. The van der Waals surface area contributed by atoms with E-state index in [1.54, 1.807) is 0 Å². The summed E-state index contributed by atoms with van der Waals surface area (Å²) in [5.74, 6) is -2.45. The second kappa shape index (κ2) is 5.44. The van der Waals surface area contributed by atoms with Gasteiger partial charge in [-0.3, -0.25) is 0 Å². The van der Waals surface area contributed by atoms with Crippen molar-refractivity contribution in [1.29, 1.82) is 0 Å². The zero-order valence-corrected chi connectivity index (χ0v) is 11.4. The van der Waals surface area contributed by atoms with E-state index in [1.807, 2.05) is 0 Å². The number of hydrogen-bond donors (Lipinski definition) is 1. The van der Waals surface area contributed by atoms with Crippen LogP contribution < -0.4 is 0 Å². The van der Waals surface area contributed by atoms with E-state index < -0.39 is 30.3 Å². The molecule has 0 heterocycles. The van der Waals surface area contributed by atoms with Crippen molar-refractivity contribution >= 4 is 50.6 Å². The molecule has 16 heavy (non-hydrogen) atoms. The lowest BCUT2D eigenvalue weighted by Gasteiger charge is -2.13. The van der Waals surface area contributed by atoms with E-state index in [4.69, 9.17) is 34.8 Å². The van der Waals surface area contributed by atoms with Gasteiger partial charge in [0.1, 0.15) is 0 Å². The third kappa shape index (κ3) is 4.37. The average Bonchev–Trinajstić information content (AvgIpc) is 1.99. The summed E-state index contributed by atoms with van der Waals surface area (Å²) in [6.07, 6.45) is 0.686. The quantitative estimate of drug-likeness (QED) is 0.371. The number of hydrogen-bond acceptors (Lipinski definition) is 5. The van der Waals surface area contributed by atoms with E-state index in [0.717, 1.165) is 0 Å². The molecule has 0 aliphatic rings. The molecule has 0 spiro atoms. The van der Waals surface area contributed by atoms with Gasteiger partial charge in [-0.05, 0) is 6.92 Å². The molecule has 0 radical (unpaired) electrons. The van der Waals surface area contributed by atoms with E-state index in [1.165, 1.54) is 6.92 Å². The number of aliphatic hydroxyl groups excluding tert-OH is 1. The minimum atomic E-state index is -4.07. The Labute approximate surface area is 108 Å². The lowest BCUT2D eigenvalue weighted by molar-refractivity contribution is -0.137. The summed E-state index contributed by atoms with van der Waals surface area (Å²) in [5, 5.41) is 9.38. The maximum absolute atomic E-state index is 11.3. The number of aliphatic hydroxyl groups is 1. The van der Waals surface area contributed by atoms with Crippen LogP contribution >= 0.6 is 34.8 Å². The number of esters is 1. The zero-order valence-electron chi connectivity index (χ0n) is 8.33. The largest absolute Gasteiger partial charge is 0.506 e. The van der Waals surface area contributed by atoms with Crippen molar-refractivity contribution in [2.24, 2.45) is 0 Å². The fraction of sp³-hybridized carbons (Fsp3) is 0.571. The fourth-order valence-electron chi connectivity index (χ4n) is 0.749. The van der Waals surface area contributed by atoms with Gasteiger partial charge in [0, 0.05) is 6.26 Å². The topological polar surface area (TPSA) is 80.7 Å². The molecule has 0 aromatic heterocycles. The summed E-state index contributed by atoms with van der Waals surface area (Å²) < 4.78 is 24.5. The van der Waals surface area contributed by atoms with Gasteiger partial charge < -0.3 is 9.84 Å². The highest BCUT2D eigenvalue weighted by Crippen LogP contribution is 2.36. The third-order valence-corrected chi connectivity index (χ3v) is 2.95. The summed E-state index contributed by atoms with van der Waals surface area (Å²) in [6, 6.07) is 0. The normalized spacial score (nSPS) is 14.3. The van der Waals surface area contributed by atoms with Crippen LogP contribution in [-0.2, 0) is 19.4 Å². The Morgan fingerprint density at radius 1 is 1.38 bits per heavy atom. The molecule has 0 fully saturated rings. The van der Waals surface area contributed by atoms with Gasteiger partial charge in [0.05, 0.1) is 6.61 Å². The molecule has 0 saturated carbocycles. The third-order valence-electron chi connectivity index (χ3n) is 1.32. The molecule has 0 bridgehead atoms. The van der Waals surface area contributed by atoms with Crippen molar-refractivity contribution in [1.82, 2.24) is 0 Å². The summed E-state index contributed by atoms with van der Waals surface area (Å²) in [6.45, 7) is 1.38. The molecule has 5 nitrogen and oxygen atoms in total. The molecule has 0 amide bonds. The molecule has 0 aliphatic carbocycles. The van der Waals surface area contributed by atoms with E-state index in [2.05, 4.69) is 4.74 Å². The first-order valence-corrected chi connectivity index (χ1v) is 6.92. The van der Waals surface area contributed by atoms with Crippen LogP contribution in [0.1, 0.15) is 6.92 Å². The SMILES string of the molecule is CCOC(=O)C(=C(O)C(Cl)(Cl)Cl)S(C)(=O)=O. The van der Waals surface area contributed by atoms with Crippen LogP contribution in [0.3, 0.4) is 0 Å². The first kappa shape index (κ1) is 15.8. The number of allylic oxidation sites excluding steroid dienone is 1. The highest BCUT2D eigenvalue weighted by atomic mass is 35.6. The number of halogens is 3. The van der Waals surface area contributed by atoms with E-state index >= 15 is 0 Å². The number of carbonyl (C=O) groups excluding carboxylic acids is 1.